The molecule has 3 aromatic rings. The predicted molar refractivity (Wildman–Crippen MR) is 144 cm³/mol. The summed E-state index contributed by atoms with van der Waals surface area (Å²) in [6.45, 7) is 6.41. The van der Waals surface area contributed by atoms with Gasteiger partial charge in [-0.05, 0) is 74.9 Å². The largest absolute Gasteiger partial charge is 0.371 e. The number of amides is 3. The van der Waals surface area contributed by atoms with Crippen LogP contribution in [0.15, 0.2) is 66.7 Å². The molecule has 182 valence electrons. The van der Waals surface area contributed by atoms with Gasteiger partial charge in [-0.1, -0.05) is 48.0 Å². The van der Waals surface area contributed by atoms with E-state index in [-0.39, 0.29) is 11.9 Å². The van der Waals surface area contributed by atoms with Crippen molar-refractivity contribution >= 4 is 29.0 Å². The molecule has 4 rings (SSSR count). The van der Waals surface area contributed by atoms with Crippen molar-refractivity contribution in [3.8, 4) is 0 Å². The highest BCUT2D eigenvalue weighted by molar-refractivity contribution is 6.04. The van der Waals surface area contributed by atoms with Gasteiger partial charge in [-0.15, -0.1) is 0 Å². The second-order valence-corrected chi connectivity index (χ2v) is 9.17. The van der Waals surface area contributed by atoms with Gasteiger partial charge in [0.25, 0.3) is 5.91 Å². The van der Waals surface area contributed by atoms with Crippen LogP contribution in [0.3, 0.4) is 0 Å². The molecule has 0 spiro atoms. The fraction of sp³-hybridized carbons (Fsp3) is 0.310. The third-order valence-corrected chi connectivity index (χ3v) is 6.37. The number of carbonyl (C=O) groups excluding carboxylic acids is 2. The van der Waals surface area contributed by atoms with Crippen LogP contribution >= 0.6 is 0 Å². The Morgan fingerprint density at radius 3 is 2.37 bits per heavy atom. The van der Waals surface area contributed by atoms with Gasteiger partial charge in [0.2, 0.25) is 0 Å². The topological polar surface area (TPSA) is 73.5 Å². The predicted octanol–water partition coefficient (Wildman–Crippen LogP) is 5.91. The Hall–Kier alpha value is -3.80. The van der Waals surface area contributed by atoms with Gasteiger partial charge in [0.05, 0.1) is 5.56 Å². The van der Waals surface area contributed by atoms with E-state index in [1.54, 1.807) is 6.07 Å². The maximum Gasteiger partial charge on any atom is 0.323 e. The standard InChI is InChI=1S/C29H34N4O2/c1-21-11-13-26(22(2)19-21)32-29(35)31-24-12-14-27(33-17-7-4-8-18-33)25(20-24)28(34)30-16-15-23-9-5-3-6-10-23/h3,5-6,9-14,19-20H,4,7-8,15-18H2,1-2H3,(H,30,34)(H2,31,32,35). The summed E-state index contributed by atoms with van der Waals surface area (Å²) in [4.78, 5) is 28.2. The number of aryl methyl sites for hydroxylation is 2. The van der Waals surface area contributed by atoms with E-state index in [2.05, 4.69) is 33.0 Å². The van der Waals surface area contributed by atoms with Crippen molar-refractivity contribution < 1.29 is 9.59 Å². The normalized spacial score (nSPS) is 13.3. The van der Waals surface area contributed by atoms with Crippen LogP contribution in [0.25, 0.3) is 0 Å². The van der Waals surface area contributed by atoms with Crippen molar-refractivity contribution in [1.82, 2.24) is 5.32 Å². The van der Waals surface area contributed by atoms with Gasteiger partial charge in [-0.2, -0.15) is 0 Å². The average molecular weight is 471 g/mol. The zero-order chi connectivity index (χ0) is 24.6. The third-order valence-electron chi connectivity index (χ3n) is 6.37. The molecular weight excluding hydrogens is 436 g/mol. The highest BCUT2D eigenvalue weighted by Gasteiger charge is 2.20. The van der Waals surface area contributed by atoms with Gasteiger partial charge in [-0.25, -0.2) is 4.79 Å². The van der Waals surface area contributed by atoms with E-state index < -0.39 is 0 Å². The molecule has 1 fully saturated rings. The van der Waals surface area contributed by atoms with Crippen LogP contribution in [0.5, 0.6) is 0 Å². The summed E-state index contributed by atoms with van der Waals surface area (Å²) in [6.07, 6.45) is 4.22. The fourth-order valence-corrected chi connectivity index (χ4v) is 4.51. The van der Waals surface area contributed by atoms with Gasteiger partial charge < -0.3 is 20.9 Å². The second kappa shape index (κ2) is 11.6. The summed E-state index contributed by atoms with van der Waals surface area (Å²) >= 11 is 0. The van der Waals surface area contributed by atoms with Crippen molar-refractivity contribution in [3.05, 3.63) is 89.0 Å². The molecule has 0 atom stereocenters. The van der Waals surface area contributed by atoms with Crippen molar-refractivity contribution in [3.63, 3.8) is 0 Å². The molecule has 0 saturated carbocycles. The maximum atomic E-state index is 13.2. The highest BCUT2D eigenvalue weighted by Crippen LogP contribution is 2.27. The molecule has 3 amide bonds. The van der Waals surface area contributed by atoms with E-state index in [9.17, 15) is 9.59 Å². The third kappa shape index (κ3) is 6.63. The van der Waals surface area contributed by atoms with Crippen LogP contribution in [0.2, 0.25) is 0 Å². The van der Waals surface area contributed by atoms with E-state index in [1.165, 1.54) is 12.0 Å². The molecule has 35 heavy (non-hydrogen) atoms. The summed E-state index contributed by atoms with van der Waals surface area (Å²) < 4.78 is 0. The van der Waals surface area contributed by atoms with Gasteiger partial charge in [-0.3, -0.25) is 4.79 Å². The molecular formula is C29H34N4O2. The monoisotopic (exact) mass is 470 g/mol. The van der Waals surface area contributed by atoms with E-state index in [1.807, 2.05) is 62.4 Å². The minimum Gasteiger partial charge on any atom is -0.371 e. The first-order valence-electron chi connectivity index (χ1n) is 12.4. The molecule has 3 N–H and O–H groups in total. The Morgan fingerprint density at radius 1 is 0.857 bits per heavy atom. The number of nitrogens with one attached hydrogen (secondary N) is 3. The second-order valence-electron chi connectivity index (χ2n) is 9.17. The number of anilines is 3. The number of nitrogens with zero attached hydrogens (tertiary/aromatic N) is 1. The number of piperidine rings is 1. The van der Waals surface area contributed by atoms with Crippen LogP contribution in [-0.2, 0) is 6.42 Å². The fourth-order valence-electron chi connectivity index (χ4n) is 4.51. The highest BCUT2D eigenvalue weighted by atomic mass is 16.2. The Balaban J connectivity index is 1.48. The summed E-state index contributed by atoms with van der Waals surface area (Å²) in [7, 11) is 0. The van der Waals surface area contributed by atoms with Gasteiger partial charge >= 0.3 is 6.03 Å². The molecule has 1 heterocycles. The van der Waals surface area contributed by atoms with Crippen molar-refractivity contribution in [2.24, 2.45) is 0 Å². The van der Waals surface area contributed by atoms with Gasteiger partial charge in [0.15, 0.2) is 0 Å². The Kier molecular flexibility index (Phi) is 8.03. The quantitative estimate of drug-likeness (QED) is 0.402. The minimum atomic E-state index is -0.335. The molecule has 1 saturated heterocycles. The first kappa shape index (κ1) is 24.3. The molecule has 1 aliphatic rings. The summed E-state index contributed by atoms with van der Waals surface area (Å²) in [5.41, 5.74) is 6.18. The lowest BCUT2D eigenvalue weighted by Gasteiger charge is -2.30. The zero-order valence-corrected chi connectivity index (χ0v) is 20.6. The Morgan fingerprint density at radius 2 is 1.63 bits per heavy atom. The number of urea groups is 1. The number of carbonyl (C=O) groups is 2. The molecule has 1 aliphatic heterocycles. The van der Waals surface area contributed by atoms with Crippen LogP contribution in [-0.4, -0.2) is 31.6 Å². The maximum absolute atomic E-state index is 13.2. The molecule has 0 aliphatic carbocycles. The summed E-state index contributed by atoms with van der Waals surface area (Å²) in [6, 6.07) is 21.3. The van der Waals surface area contributed by atoms with E-state index in [4.69, 9.17) is 0 Å². The van der Waals surface area contributed by atoms with Crippen molar-refractivity contribution in [1.29, 1.82) is 0 Å². The number of hydrogen-bond donors (Lipinski definition) is 3. The van der Waals surface area contributed by atoms with Crippen molar-refractivity contribution in [2.45, 2.75) is 39.5 Å². The smallest absolute Gasteiger partial charge is 0.323 e. The molecule has 0 radical (unpaired) electrons. The van der Waals surface area contributed by atoms with Gasteiger partial charge in [0, 0.05) is 36.7 Å². The van der Waals surface area contributed by atoms with Crippen LogP contribution in [0.1, 0.15) is 46.3 Å². The molecule has 3 aromatic carbocycles. The summed E-state index contributed by atoms with van der Waals surface area (Å²) in [5.74, 6) is -0.125. The Bertz CT molecular complexity index is 1170. The van der Waals surface area contributed by atoms with E-state index >= 15 is 0 Å². The van der Waals surface area contributed by atoms with E-state index in [0.717, 1.165) is 54.9 Å². The molecule has 0 aromatic heterocycles. The van der Waals surface area contributed by atoms with Crippen LogP contribution < -0.4 is 20.9 Å². The average Bonchev–Trinajstić information content (AvgIpc) is 2.87. The summed E-state index contributed by atoms with van der Waals surface area (Å²) in [5, 5.41) is 8.86. The SMILES string of the molecule is Cc1ccc(NC(=O)Nc2ccc(N3CCCCC3)c(C(=O)NCCc3ccccc3)c2)c(C)c1. The van der Waals surface area contributed by atoms with Gasteiger partial charge in [0.1, 0.15) is 0 Å². The van der Waals surface area contributed by atoms with E-state index in [0.29, 0.717) is 17.8 Å². The molecule has 0 bridgehead atoms. The number of hydrogen-bond acceptors (Lipinski definition) is 3. The Labute approximate surface area is 207 Å². The minimum absolute atomic E-state index is 0.125. The lowest BCUT2D eigenvalue weighted by Crippen LogP contribution is -2.33. The lowest BCUT2D eigenvalue weighted by atomic mass is 10.1. The molecule has 6 nitrogen and oxygen atoms in total. The molecule has 0 unspecified atom stereocenters. The first-order chi connectivity index (χ1) is 17.0. The van der Waals surface area contributed by atoms with Crippen LogP contribution in [0, 0.1) is 13.8 Å². The lowest BCUT2D eigenvalue weighted by molar-refractivity contribution is 0.0954. The molecule has 6 heteroatoms. The number of benzene rings is 3. The van der Waals surface area contributed by atoms with Crippen molar-refractivity contribution in [2.75, 3.05) is 35.2 Å². The van der Waals surface area contributed by atoms with Crippen LogP contribution in [0.4, 0.5) is 21.9 Å². The first-order valence-corrected chi connectivity index (χ1v) is 12.4. The number of rotatable bonds is 7. The zero-order valence-electron chi connectivity index (χ0n) is 20.6.